The molecule has 8 nitrogen and oxygen atoms in total. The largest absolute Gasteiger partial charge is 1.00 e. The Balaban J connectivity index is 0.00000289. The summed E-state index contributed by atoms with van der Waals surface area (Å²) in [5, 5.41) is 14.0. The maximum absolute atomic E-state index is 14.6. The Morgan fingerprint density at radius 2 is 1.82 bits per heavy atom. The van der Waals surface area contributed by atoms with Crippen molar-refractivity contribution >= 4 is 23.7 Å². The van der Waals surface area contributed by atoms with Crippen molar-refractivity contribution in [2.24, 2.45) is 0 Å². The van der Waals surface area contributed by atoms with Gasteiger partial charge in [0.25, 0.3) is 5.91 Å². The molecule has 0 spiro atoms. The summed E-state index contributed by atoms with van der Waals surface area (Å²) in [5.41, 5.74) is 1.68. The first-order valence-corrected chi connectivity index (χ1v) is 9.80. The third kappa shape index (κ3) is 6.28. The molecule has 0 bridgehead atoms. The van der Waals surface area contributed by atoms with Crippen molar-refractivity contribution in [1.82, 2.24) is 15.5 Å². The minimum Gasteiger partial charge on any atom is -1.00 e. The van der Waals surface area contributed by atoms with Gasteiger partial charge in [-0.2, -0.15) is 0 Å². The van der Waals surface area contributed by atoms with Gasteiger partial charge in [-0.15, -0.1) is 0 Å². The van der Waals surface area contributed by atoms with E-state index in [0.29, 0.717) is 5.56 Å². The molecule has 2 aromatic rings. The van der Waals surface area contributed by atoms with E-state index in [1.165, 1.54) is 37.2 Å². The number of Topliss-reactive ketones (excluding diaryl/α,β-unsaturated/α-hetero) is 1. The zero-order valence-corrected chi connectivity index (χ0v) is 20.5. The molecule has 3 rings (SSSR count). The van der Waals surface area contributed by atoms with Crippen LogP contribution in [0.4, 0.5) is 9.18 Å². The zero-order chi connectivity index (χ0) is 23.4. The van der Waals surface area contributed by atoms with Crippen molar-refractivity contribution in [1.29, 1.82) is 0 Å². The first-order valence-electron chi connectivity index (χ1n) is 9.80. The van der Waals surface area contributed by atoms with Crippen molar-refractivity contribution in [3.8, 4) is 11.1 Å². The van der Waals surface area contributed by atoms with Crippen LogP contribution in [0.5, 0.6) is 0 Å². The van der Waals surface area contributed by atoms with Crippen LogP contribution in [0.25, 0.3) is 11.1 Å². The van der Waals surface area contributed by atoms with Crippen molar-refractivity contribution in [3.63, 3.8) is 0 Å². The van der Waals surface area contributed by atoms with E-state index in [1.54, 1.807) is 6.07 Å². The monoisotopic (exact) mass is 463 g/mol. The second kappa shape index (κ2) is 11.2. The van der Waals surface area contributed by atoms with E-state index in [9.17, 15) is 28.7 Å². The minimum atomic E-state index is -1.45. The van der Waals surface area contributed by atoms with Gasteiger partial charge in [0.1, 0.15) is 5.82 Å². The van der Waals surface area contributed by atoms with E-state index in [-0.39, 0.29) is 42.1 Å². The molecule has 0 fully saturated rings. The molecule has 2 atom stereocenters. The number of hydrogen-bond donors (Lipinski definition) is 3. The zero-order valence-electron chi connectivity index (χ0n) is 19.5. The van der Waals surface area contributed by atoms with E-state index >= 15 is 0 Å². The number of carboxylic acids is 1. The van der Waals surface area contributed by atoms with Crippen LogP contribution in [0.2, 0.25) is 0 Å². The van der Waals surface area contributed by atoms with Crippen LogP contribution in [0.3, 0.4) is 0 Å². The maximum Gasteiger partial charge on any atom is 1.00 e. The van der Waals surface area contributed by atoms with Crippen LogP contribution >= 0.6 is 0 Å². The Morgan fingerprint density at radius 1 is 1.15 bits per heavy atom. The molecule has 3 N–H and O–H groups in total. The van der Waals surface area contributed by atoms with E-state index < -0.39 is 48.0 Å². The number of amides is 3. The predicted octanol–water partition coefficient (Wildman–Crippen LogP) is -0.262. The van der Waals surface area contributed by atoms with E-state index in [1.807, 2.05) is 30.3 Å². The van der Waals surface area contributed by atoms with Gasteiger partial charge in [0.2, 0.25) is 0 Å². The molecule has 10 heteroatoms. The summed E-state index contributed by atoms with van der Waals surface area (Å²) in [6, 6.07) is 9.65. The molecule has 1 aliphatic heterocycles. The minimum absolute atomic E-state index is 0. The Kier molecular flexibility index (Phi) is 8.92. The third-order valence-electron chi connectivity index (χ3n) is 5.07. The van der Waals surface area contributed by atoms with Crippen LogP contribution in [0.1, 0.15) is 26.4 Å². The van der Waals surface area contributed by atoms with E-state index in [4.69, 9.17) is 0 Å². The summed E-state index contributed by atoms with van der Waals surface area (Å²) < 4.78 is 14.6. The summed E-state index contributed by atoms with van der Waals surface area (Å²) in [6.07, 6.45) is 0.756. The molecular formula is C23H23FN3NaO5. The van der Waals surface area contributed by atoms with E-state index in [0.717, 1.165) is 5.56 Å². The van der Waals surface area contributed by atoms with Crippen molar-refractivity contribution in [3.05, 3.63) is 71.7 Å². The fraction of sp³-hybridized carbons (Fsp3) is 0.217. The number of carbonyl (C=O) groups is 4. The number of halogens is 1. The smallest absolute Gasteiger partial charge is 1.00 e. The molecule has 168 valence electrons. The molecule has 2 aromatic carbocycles. The molecule has 2 unspecified atom stereocenters. The maximum atomic E-state index is 14.6. The molecule has 1 aliphatic rings. The molecule has 3 amide bonds. The average Bonchev–Trinajstić information content (AvgIpc) is 2.75. The van der Waals surface area contributed by atoms with Gasteiger partial charge in [0.15, 0.2) is 11.8 Å². The van der Waals surface area contributed by atoms with Crippen LogP contribution in [-0.2, 0) is 14.4 Å². The Bertz CT molecular complexity index is 1110. The second-order valence-electron chi connectivity index (χ2n) is 7.43. The van der Waals surface area contributed by atoms with Crippen LogP contribution in [-0.4, -0.2) is 46.8 Å². The quantitative estimate of drug-likeness (QED) is 0.403. The Morgan fingerprint density at radius 3 is 2.45 bits per heavy atom. The number of nitrogens with zero attached hydrogens (tertiary/aromatic N) is 1. The van der Waals surface area contributed by atoms with Crippen molar-refractivity contribution < 1.29 is 59.7 Å². The molecular weight excluding hydrogens is 440 g/mol. The van der Waals surface area contributed by atoms with Crippen molar-refractivity contribution in [2.75, 3.05) is 7.05 Å². The molecule has 0 saturated carbocycles. The van der Waals surface area contributed by atoms with Gasteiger partial charge in [0, 0.05) is 24.4 Å². The predicted molar refractivity (Wildman–Crippen MR) is 115 cm³/mol. The first kappa shape index (κ1) is 26.2. The number of nitrogens with one attached hydrogen (secondary N) is 2. The Labute approximate surface area is 213 Å². The number of urea groups is 1. The third-order valence-corrected chi connectivity index (χ3v) is 5.07. The van der Waals surface area contributed by atoms with Crippen LogP contribution in [0.15, 0.2) is 60.3 Å². The number of rotatable bonds is 6. The normalized spacial score (nSPS) is 16.4. The number of benzene rings is 2. The number of carbonyl (C=O) groups excluding carboxylic acids is 3. The number of ketones is 1. The Hall–Kier alpha value is -3.01. The number of hydrogen-bond acceptors (Lipinski definition) is 4. The summed E-state index contributed by atoms with van der Waals surface area (Å²) in [4.78, 5) is 49.7. The molecule has 33 heavy (non-hydrogen) atoms. The van der Waals surface area contributed by atoms with Crippen molar-refractivity contribution in [2.45, 2.75) is 25.4 Å². The molecule has 0 aromatic heterocycles. The molecule has 0 radical (unpaired) electrons. The van der Waals surface area contributed by atoms with Gasteiger partial charge in [-0.25, -0.2) is 9.18 Å². The number of aliphatic carboxylic acids is 1. The topological polar surface area (TPSA) is 116 Å². The van der Waals surface area contributed by atoms with Gasteiger partial charge in [-0.05, 0) is 30.2 Å². The van der Waals surface area contributed by atoms with Gasteiger partial charge in [0.05, 0.1) is 12.5 Å². The summed E-state index contributed by atoms with van der Waals surface area (Å²) in [5.74, 6) is -3.17. The fourth-order valence-electron chi connectivity index (χ4n) is 3.45. The molecule has 0 aliphatic carbocycles. The first-order chi connectivity index (χ1) is 15.2. The van der Waals surface area contributed by atoms with Gasteiger partial charge in [-0.1, -0.05) is 36.4 Å². The molecule has 0 saturated heterocycles. The SMILES string of the molecule is CC1=CN(C)C(=O)C(NC(=O)NC(CC(=O)O)c2cc(-c3ccccc3)ccc2F)C1=O.[H-].[Na+]. The van der Waals surface area contributed by atoms with E-state index in [2.05, 4.69) is 10.6 Å². The van der Waals surface area contributed by atoms with Gasteiger partial charge < -0.3 is 22.1 Å². The van der Waals surface area contributed by atoms with Gasteiger partial charge >= 0.3 is 41.6 Å². The summed E-state index contributed by atoms with van der Waals surface area (Å²) in [7, 11) is 1.45. The van der Waals surface area contributed by atoms with Crippen LogP contribution in [0, 0.1) is 5.82 Å². The van der Waals surface area contributed by atoms with Gasteiger partial charge in [-0.3, -0.25) is 14.4 Å². The fourth-order valence-corrected chi connectivity index (χ4v) is 3.45. The average molecular weight is 463 g/mol. The number of carboxylic acid groups (broad SMARTS) is 1. The number of likely N-dealkylation sites (N-methyl/N-ethyl adjacent to an activating group) is 1. The standard InChI is InChI=1S/C23H22FN3O5.Na.H/c1-13-12-27(2)22(31)20(21(13)30)26-23(32)25-18(11-19(28)29)16-10-15(8-9-17(16)24)14-6-4-3-5-7-14;;/h3-10,12,18,20H,11H2,1-2H3,(H,28,29)(H2,25,26,32);;/q;+1;-1. The second-order valence-corrected chi connectivity index (χ2v) is 7.43. The molecule has 1 heterocycles. The summed E-state index contributed by atoms with van der Waals surface area (Å²) >= 11 is 0. The summed E-state index contributed by atoms with van der Waals surface area (Å²) in [6.45, 7) is 1.51. The van der Waals surface area contributed by atoms with Crippen LogP contribution < -0.4 is 40.2 Å².